The van der Waals surface area contributed by atoms with Crippen LogP contribution in [0.25, 0.3) is 0 Å². The van der Waals surface area contributed by atoms with E-state index in [2.05, 4.69) is 6.92 Å². The number of hydrogen-bond donors (Lipinski definition) is 1. The molecule has 4 heterocycles. The van der Waals surface area contributed by atoms with Crippen LogP contribution in [0.3, 0.4) is 0 Å². The molecule has 7 atom stereocenters. The third kappa shape index (κ3) is 1.56. The highest BCUT2D eigenvalue weighted by molar-refractivity contribution is 5.12. The Morgan fingerprint density at radius 2 is 1.90 bits per heavy atom. The minimum atomic E-state index is -0.889. The molecular weight excluding hydrogens is 260 g/mol. The molecule has 5 nitrogen and oxygen atoms in total. The summed E-state index contributed by atoms with van der Waals surface area (Å²) in [6, 6.07) is 0. The zero-order valence-electron chi connectivity index (χ0n) is 12.4. The smallest absolute Gasteiger partial charge is 0.201 e. The molecule has 5 heteroatoms. The molecule has 5 fully saturated rings. The number of ether oxygens (including phenoxy) is 2. The Morgan fingerprint density at radius 1 is 1.10 bits per heavy atom. The predicted molar refractivity (Wildman–Crippen MR) is 69.4 cm³/mol. The standard InChI is InChI=1S/C15H24O5/c1-9-4-5-11-13(2,16)8-17-12-15(11)10(9)6-7-14(3,18-12)19-20-15/h9-12,16H,4-8H2,1-3H3/t9-,10+,11+,12-,13+,14+,15-/m1/s1. The Bertz CT molecular complexity index is 424. The fourth-order valence-corrected chi connectivity index (χ4v) is 4.89. The van der Waals surface area contributed by atoms with Crippen molar-refractivity contribution < 1.29 is 24.4 Å². The average Bonchev–Trinajstić information content (AvgIpc) is 2.61. The van der Waals surface area contributed by atoms with Crippen molar-refractivity contribution in [1.29, 1.82) is 0 Å². The van der Waals surface area contributed by atoms with E-state index in [1.807, 2.05) is 13.8 Å². The van der Waals surface area contributed by atoms with Gasteiger partial charge < -0.3 is 14.6 Å². The molecule has 0 radical (unpaired) electrons. The molecule has 1 aliphatic carbocycles. The van der Waals surface area contributed by atoms with Crippen molar-refractivity contribution in [3.05, 3.63) is 0 Å². The normalized spacial score (nSPS) is 61.8. The van der Waals surface area contributed by atoms with Crippen LogP contribution in [0.4, 0.5) is 0 Å². The Morgan fingerprint density at radius 3 is 2.70 bits per heavy atom. The van der Waals surface area contributed by atoms with Gasteiger partial charge in [-0.2, -0.15) is 0 Å². The molecular formula is C15H24O5. The fourth-order valence-electron chi connectivity index (χ4n) is 4.89. The second-order valence-electron chi connectivity index (χ2n) is 7.52. The monoisotopic (exact) mass is 284 g/mol. The van der Waals surface area contributed by atoms with Gasteiger partial charge in [0.1, 0.15) is 0 Å². The summed E-state index contributed by atoms with van der Waals surface area (Å²) in [6.45, 7) is 6.32. The summed E-state index contributed by atoms with van der Waals surface area (Å²) >= 11 is 0. The first kappa shape index (κ1) is 13.5. The lowest BCUT2D eigenvalue weighted by Crippen LogP contribution is -2.73. The molecule has 0 aromatic heterocycles. The van der Waals surface area contributed by atoms with E-state index in [0.29, 0.717) is 18.4 Å². The summed E-state index contributed by atoms with van der Waals surface area (Å²) < 4.78 is 12.0. The summed E-state index contributed by atoms with van der Waals surface area (Å²) in [5.74, 6) is 0.111. The van der Waals surface area contributed by atoms with E-state index in [0.717, 1.165) is 25.7 Å². The Kier molecular flexibility index (Phi) is 2.66. The van der Waals surface area contributed by atoms with E-state index in [-0.39, 0.29) is 5.92 Å². The van der Waals surface area contributed by atoms with Crippen LogP contribution in [-0.2, 0) is 19.2 Å². The summed E-state index contributed by atoms with van der Waals surface area (Å²) in [7, 11) is 0. The van der Waals surface area contributed by atoms with Crippen LogP contribution in [0.5, 0.6) is 0 Å². The lowest BCUT2D eigenvalue weighted by Gasteiger charge is -2.60. The first-order chi connectivity index (χ1) is 9.37. The highest BCUT2D eigenvalue weighted by Crippen LogP contribution is 2.60. The molecule has 114 valence electrons. The maximum absolute atomic E-state index is 10.8. The van der Waals surface area contributed by atoms with Gasteiger partial charge >= 0.3 is 0 Å². The van der Waals surface area contributed by atoms with Gasteiger partial charge in [-0.05, 0) is 44.9 Å². The van der Waals surface area contributed by atoms with Gasteiger partial charge in [0.15, 0.2) is 11.9 Å². The largest absolute Gasteiger partial charge is 0.387 e. The summed E-state index contributed by atoms with van der Waals surface area (Å²) in [4.78, 5) is 11.6. The van der Waals surface area contributed by atoms with Crippen LogP contribution in [0, 0.1) is 17.8 Å². The van der Waals surface area contributed by atoms with Gasteiger partial charge in [-0.15, -0.1) is 0 Å². The molecule has 5 aliphatic rings. The van der Waals surface area contributed by atoms with E-state index in [9.17, 15) is 5.11 Å². The Labute approximate surface area is 119 Å². The summed E-state index contributed by atoms with van der Waals surface area (Å²) in [5, 5.41) is 10.8. The quantitative estimate of drug-likeness (QED) is 0.689. The molecule has 0 aromatic carbocycles. The zero-order chi connectivity index (χ0) is 14.2. The van der Waals surface area contributed by atoms with Crippen LogP contribution in [0.2, 0.25) is 0 Å². The van der Waals surface area contributed by atoms with Gasteiger partial charge in [0, 0.05) is 12.3 Å². The third-order valence-corrected chi connectivity index (χ3v) is 6.00. The number of fused-ring (bicyclic) bond motifs is 2. The molecule has 20 heavy (non-hydrogen) atoms. The molecule has 1 saturated carbocycles. The van der Waals surface area contributed by atoms with Crippen molar-refractivity contribution in [1.82, 2.24) is 0 Å². The van der Waals surface area contributed by atoms with Crippen molar-refractivity contribution in [3.63, 3.8) is 0 Å². The average molecular weight is 284 g/mol. The van der Waals surface area contributed by atoms with E-state index < -0.39 is 23.3 Å². The maximum atomic E-state index is 10.8. The lowest BCUT2D eigenvalue weighted by molar-refractivity contribution is -0.571. The molecule has 4 saturated heterocycles. The van der Waals surface area contributed by atoms with Crippen LogP contribution in [-0.4, -0.2) is 35.0 Å². The summed E-state index contributed by atoms with van der Waals surface area (Å²) in [5.41, 5.74) is -1.55. The van der Waals surface area contributed by atoms with E-state index in [1.54, 1.807) is 0 Å². The second kappa shape index (κ2) is 3.96. The van der Waals surface area contributed by atoms with Crippen molar-refractivity contribution in [2.45, 2.75) is 69.7 Å². The molecule has 4 aliphatic heterocycles. The van der Waals surface area contributed by atoms with Crippen LogP contribution in [0.1, 0.15) is 46.5 Å². The number of aliphatic hydroxyl groups is 1. The maximum Gasteiger partial charge on any atom is 0.201 e. The topological polar surface area (TPSA) is 57.2 Å². The van der Waals surface area contributed by atoms with Gasteiger partial charge in [-0.3, -0.25) is 0 Å². The molecule has 2 bridgehead atoms. The second-order valence-corrected chi connectivity index (χ2v) is 7.52. The minimum Gasteiger partial charge on any atom is -0.387 e. The highest BCUT2D eigenvalue weighted by atomic mass is 17.3. The molecule has 0 unspecified atom stereocenters. The number of rotatable bonds is 0. The fraction of sp³-hybridized carbons (Fsp3) is 1.00. The Hall–Kier alpha value is -0.200. The first-order valence-electron chi connectivity index (χ1n) is 7.76. The minimum absolute atomic E-state index is 0.00222. The lowest BCUT2D eigenvalue weighted by atomic mass is 9.57. The van der Waals surface area contributed by atoms with Gasteiger partial charge in [-0.1, -0.05) is 6.92 Å². The molecule has 5 rings (SSSR count). The Balaban J connectivity index is 1.83. The van der Waals surface area contributed by atoms with Crippen molar-refractivity contribution >= 4 is 0 Å². The van der Waals surface area contributed by atoms with Crippen LogP contribution < -0.4 is 0 Å². The van der Waals surface area contributed by atoms with E-state index in [1.165, 1.54) is 0 Å². The van der Waals surface area contributed by atoms with Crippen molar-refractivity contribution in [2.75, 3.05) is 6.61 Å². The van der Waals surface area contributed by atoms with Gasteiger partial charge in [0.2, 0.25) is 5.79 Å². The predicted octanol–water partition coefficient (Wildman–Crippen LogP) is 1.98. The van der Waals surface area contributed by atoms with E-state index in [4.69, 9.17) is 19.2 Å². The molecule has 1 spiro atoms. The van der Waals surface area contributed by atoms with Crippen molar-refractivity contribution in [2.24, 2.45) is 17.8 Å². The zero-order valence-corrected chi connectivity index (χ0v) is 12.4. The van der Waals surface area contributed by atoms with Gasteiger partial charge in [-0.25, -0.2) is 9.78 Å². The third-order valence-electron chi connectivity index (χ3n) is 6.00. The molecule has 0 amide bonds. The SMILES string of the molecule is C[C@@H]1CC[C@@H]2[C@]34OO[C@@](C)(CC[C@@H]13)O[C@H]4OC[C@]2(C)O. The number of hydrogen-bond acceptors (Lipinski definition) is 5. The van der Waals surface area contributed by atoms with Crippen molar-refractivity contribution in [3.8, 4) is 0 Å². The first-order valence-corrected chi connectivity index (χ1v) is 7.76. The summed E-state index contributed by atoms with van der Waals surface area (Å²) in [6.07, 6.45) is 3.40. The van der Waals surface area contributed by atoms with Crippen LogP contribution >= 0.6 is 0 Å². The van der Waals surface area contributed by atoms with Crippen LogP contribution in [0.15, 0.2) is 0 Å². The van der Waals surface area contributed by atoms with Gasteiger partial charge in [0.05, 0.1) is 12.2 Å². The molecule has 1 N–H and O–H groups in total. The molecule has 0 aromatic rings. The highest BCUT2D eigenvalue weighted by Gasteiger charge is 2.70. The van der Waals surface area contributed by atoms with Gasteiger partial charge in [0.25, 0.3) is 0 Å². The van der Waals surface area contributed by atoms with E-state index >= 15 is 0 Å².